The van der Waals surface area contributed by atoms with Crippen molar-refractivity contribution in [2.75, 3.05) is 19.7 Å². The third kappa shape index (κ3) is 6.24. The van der Waals surface area contributed by atoms with Gasteiger partial charge in [0.15, 0.2) is 0 Å². The minimum atomic E-state index is -0.410. The predicted octanol–water partition coefficient (Wildman–Crippen LogP) is 2.77. The van der Waals surface area contributed by atoms with Gasteiger partial charge in [0.1, 0.15) is 0 Å². The second-order valence-corrected chi connectivity index (χ2v) is 9.27. The van der Waals surface area contributed by atoms with Crippen molar-refractivity contribution in [3.8, 4) is 0 Å². The van der Waals surface area contributed by atoms with Gasteiger partial charge in [0.25, 0.3) is 0 Å². The van der Waals surface area contributed by atoms with Gasteiger partial charge < -0.3 is 15.1 Å². The Bertz CT molecular complexity index is 1190. The van der Waals surface area contributed by atoms with Gasteiger partial charge in [0.05, 0.1) is 30.3 Å². The van der Waals surface area contributed by atoms with Gasteiger partial charge in [-0.25, -0.2) is 4.79 Å². The topological polar surface area (TPSA) is 121 Å². The van der Waals surface area contributed by atoms with Crippen molar-refractivity contribution in [2.24, 2.45) is 13.0 Å². The fourth-order valence-corrected chi connectivity index (χ4v) is 5.09. The molecule has 1 aromatic carbocycles. The smallest absolute Gasteiger partial charge is 0.409 e. The second kappa shape index (κ2) is 13.0. The molecule has 2 aromatic rings. The minimum Gasteiger partial charge on any atom is -0.450 e. The molecule has 5 rings (SSSR count). The monoisotopic (exact) mass is 545 g/mol. The summed E-state index contributed by atoms with van der Waals surface area (Å²) in [5.74, 6) is -0.554. The lowest BCUT2D eigenvalue weighted by Crippen LogP contribution is -2.41. The van der Waals surface area contributed by atoms with E-state index in [1.165, 1.54) is 0 Å². The molecule has 12 heteroatoms. The summed E-state index contributed by atoms with van der Waals surface area (Å²) in [7, 11) is 1.87. The fraction of sp³-hybridized carbons (Fsp3) is 0.538. The maximum Gasteiger partial charge on any atom is 0.409 e. The molecular formula is C26H39N7O4S. The van der Waals surface area contributed by atoms with Crippen molar-refractivity contribution >= 4 is 42.3 Å². The third-order valence-electron chi connectivity index (χ3n) is 6.97. The molecule has 208 valence electrons. The van der Waals surface area contributed by atoms with E-state index < -0.39 is 5.92 Å². The van der Waals surface area contributed by atoms with Gasteiger partial charge in [-0.1, -0.05) is 26.0 Å². The van der Waals surface area contributed by atoms with Crippen LogP contribution in [0.1, 0.15) is 63.6 Å². The highest BCUT2D eigenvalue weighted by Crippen LogP contribution is 2.31. The number of likely N-dealkylation sites (tertiary alicyclic amines) is 1. The molecule has 0 bridgehead atoms. The van der Waals surface area contributed by atoms with Gasteiger partial charge in [-0.2, -0.15) is 18.6 Å². The van der Waals surface area contributed by atoms with E-state index >= 15 is 0 Å². The number of hydrazine groups is 2. The molecule has 1 unspecified atom stereocenters. The van der Waals surface area contributed by atoms with Gasteiger partial charge in [-0.15, -0.1) is 5.53 Å². The molecule has 2 saturated heterocycles. The van der Waals surface area contributed by atoms with Gasteiger partial charge in [-0.05, 0) is 37.8 Å². The van der Waals surface area contributed by atoms with Crippen molar-refractivity contribution in [3.05, 3.63) is 41.4 Å². The lowest BCUT2D eigenvalue weighted by Gasteiger charge is -2.31. The van der Waals surface area contributed by atoms with E-state index in [2.05, 4.69) is 33.6 Å². The summed E-state index contributed by atoms with van der Waals surface area (Å²) in [6, 6.07) is 6.14. The highest BCUT2D eigenvalue weighted by molar-refractivity contribution is 7.59. The molecule has 1 atom stereocenters. The number of allylic oxidation sites excluding steroid dienone is 1. The summed E-state index contributed by atoms with van der Waals surface area (Å²) in [6.45, 7) is 8.24. The first-order chi connectivity index (χ1) is 17.9. The van der Waals surface area contributed by atoms with Gasteiger partial charge in [-0.3, -0.25) is 24.6 Å². The number of benzene rings is 1. The number of amides is 3. The first kappa shape index (κ1) is 29.3. The number of piperidine rings is 2. The van der Waals surface area contributed by atoms with Crippen LogP contribution in [0.2, 0.25) is 0 Å². The molecule has 2 fully saturated rings. The summed E-state index contributed by atoms with van der Waals surface area (Å²) >= 11 is 0. The van der Waals surface area contributed by atoms with E-state index in [1.54, 1.807) is 9.58 Å². The summed E-state index contributed by atoms with van der Waals surface area (Å²) in [6.07, 6.45) is 4.44. The van der Waals surface area contributed by atoms with Crippen LogP contribution in [0.3, 0.4) is 0 Å². The maximum absolute atomic E-state index is 12.4. The zero-order chi connectivity index (χ0) is 26.5. The number of aryl methyl sites for hydroxylation is 1. The standard InChI is InChI=1S/C24H31N7O4.C2H6.H2S/c1-3-35-24(34)30-10-8-16(9-11-30)19-14-31(28-26-19)13-15-4-5-17-20(12-15)29(2)27-22(17)18-6-7-21(32)25-23(18)33;1-2;/h4-5,12,14,16,18,26,28H,3,6-11,13H2,1-2H3,(H,25,32,33);1-2H3;1H2. The Hall–Kier alpha value is -3.25. The number of nitrogens with one attached hydrogen (secondary N) is 3. The lowest BCUT2D eigenvalue weighted by atomic mass is 9.92. The Kier molecular flexibility index (Phi) is 10.0. The first-order valence-corrected chi connectivity index (χ1v) is 13.1. The molecular weight excluding hydrogens is 506 g/mol. The number of hydrogen-bond acceptors (Lipinski definition) is 8. The molecule has 0 spiro atoms. The molecule has 1 aromatic heterocycles. The number of hydrogen-bond donors (Lipinski definition) is 3. The summed E-state index contributed by atoms with van der Waals surface area (Å²) < 4.78 is 6.90. The molecule has 38 heavy (non-hydrogen) atoms. The minimum absolute atomic E-state index is 0. The molecule has 0 aliphatic carbocycles. The van der Waals surface area contributed by atoms with Crippen LogP contribution >= 0.6 is 13.5 Å². The molecule has 3 N–H and O–H groups in total. The molecule has 11 nitrogen and oxygen atoms in total. The van der Waals surface area contributed by atoms with Crippen LogP contribution < -0.4 is 16.3 Å². The van der Waals surface area contributed by atoms with E-state index in [-0.39, 0.29) is 31.4 Å². The van der Waals surface area contributed by atoms with Crippen molar-refractivity contribution in [1.82, 2.24) is 36.0 Å². The van der Waals surface area contributed by atoms with E-state index in [0.717, 1.165) is 40.7 Å². The first-order valence-electron chi connectivity index (χ1n) is 13.1. The zero-order valence-corrected chi connectivity index (χ0v) is 23.5. The average Bonchev–Trinajstić information content (AvgIpc) is 3.50. The van der Waals surface area contributed by atoms with E-state index in [0.29, 0.717) is 45.0 Å². The highest BCUT2D eigenvalue weighted by Gasteiger charge is 2.32. The molecule has 3 aliphatic rings. The Labute approximate surface area is 230 Å². The predicted molar refractivity (Wildman–Crippen MR) is 149 cm³/mol. The molecule has 0 saturated carbocycles. The van der Waals surface area contributed by atoms with Gasteiger partial charge >= 0.3 is 6.09 Å². The number of aromatic nitrogens is 2. The molecule has 4 heterocycles. The Morgan fingerprint density at radius 3 is 2.58 bits per heavy atom. The summed E-state index contributed by atoms with van der Waals surface area (Å²) in [5, 5.41) is 9.98. The van der Waals surface area contributed by atoms with Gasteiger partial charge in [0, 0.05) is 49.8 Å². The molecule has 3 aliphatic heterocycles. The Balaban J connectivity index is 0.00000130. The largest absolute Gasteiger partial charge is 0.450 e. The van der Waals surface area contributed by atoms with E-state index in [9.17, 15) is 14.4 Å². The van der Waals surface area contributed by atoms with Crippen molar-refractivity contribution in [3.63, 3.8) is 0 Å². The number of ether oxygens (including phenoxy) is 1. The lowest BCUT2D eigenvalue weighted by molar-refractivity contribution is -0.134. The Morgan fingerprint density at radius 1 is 1.16 bits per heavy atom. The number of carbonyl (C=O) groups excluding carboxylic acids is 3. The fourth-order valence-electron chi connectivity index (χ4n) is 5.09. The van der Waals surface area contributed by atoms with Crippen molar-refractivity contribution in [2.45, 2.75) is 58.9 Å². The highest BCUT2D eigenvalue weighted by atomic mass is 32.1. The van der Waals surface area contributed by atoms with Crippen LogP contribution in [0.5, 0.6) is 0 Å². The van der Waals surface area contributed by atoms with Gasteiger partial charge in [0.2, 0.25) is 11.8 Å². The van der Waals surface area contributed by atoms with Crippen molar-refractivity contribution in [1.29, 1.82) is 0 Å². The average molecular weight is 546 g/mol. The number of fused-ring (bicyclic) bond motifs is 1. The van der Waals surface area contributed by atoms with Crippen LogP contribution in [-0.4, -0.2) is 57.3 Å². The van der Waals surface area contributed by atoms with Crippen LogP contribution in [0.4, 0.5) is 4.79 Å². The normalized spacial score (nSPS) is 19.7. The van der Waals surface area contributed by atoms with E-state index in [1.807, 2.05) is 45.0 Å². The zero-order valence-electron chi connectivity index (χ0n) is 22.5. The quantitative estimate of drug-likeness (QED) is 0.491. The summed E-state index contributed by atoms with van der Waals surface area (Å²) in [4.78, 5) is 37.6. The second-order valence-electron chi connectivity index (χ2n) is 9.27. The number of carbonyl (C=O) groups is 3. The molecule has 0 radical (unpaired) electrons. The maximum atomic E-state index is 12.4. The van der Waals surface area contributed by atoms with Crippen molar-refractivity contribution < 1.29 is 19.1 Å². The number of rotatable bonds is 5. The Morgan fingerprint density at radius 2 is 1.89 bits per heavy atom. The summed E-state index contributed by atoms with van der Waals surface area (Å²) in [5.41, 5.74) is 10.4. The van der Waals surface area contributed by atoms with E-state index in [4.69, 9.17) is 4.74 Å². The SMILES string of the molecule is CC.CCOC(=O)N1CCC(C2=CN(Cc3ccc4c(C5CCC(=O)NC5=O)nn(C)c4c3)NN2)CC1.S. The third-order valence-corrected chi connectivity index (χ3v) is 6.97. The number of nitrogens with zero attached hydrogens (tertiary/aromatic N) is 4. The number of imide groups is 1. The van der Waals surface area contributed by atoms with Crippen LogP contribution in [0.25, 0.3) is 10.9 Å². The van der Waals surface area contributed by atoms with Crippen LogP contribution in [0.15, 0.2) is 30.1 Å². The van der Waals surface area contributed by atoms with Crippen LogP contribution in [0, 0.1) is 5.92 Å². The molecule has 3 amide bonds. The van der Waals surface area contributed by atoms with Crippen LogP contribution in [-0.2, 0) is 27.9 Å².